The average molecular weight is 435 g/mol. The van der Waals surface area contributed by atoms with Crippen LogP contribution in [0.15, 0.2) is 45.9 Å². The van der Waals surface area contributed by atoms with Crippen LogP contribution in [-0.4, -0.2) is 9.36 Å². The Balaban J connectivity index is 1.61. The second-order valence-electron chi connectivity index (χ2n) is 4.82. The van der Waals surface area contributed by atoms with Crippen LogP contribution in [0.2, 0.25) is 10.0 Å². The van der Waals surface area contributed by atoms with Crippen LogP contribution < -0.4 is 0 Å². The van der Waals surface area contributed by atoms with E-state index in [-0.39, 0.29) is 11.6 Å². The Labute approximate surface area is 166 Å². The summed E-state index contributed by atoms with van der Waals surface area (Å²) in [6.07, 6.45) is 0. The first-order chi connectivity index (χ1) is 12.0. The zero-order chi connectivity index (χ0) is 17.8. The standard InChI is InChI=1S/C16H10Cl2F2N2S3/c17-11-3-1-5-13(19)9(11)7-23-15-21-16(25-22-15)24-8-10-12(18)4-2-6-14(10)20/h1-6H,7-8H2. The van der Waals surface area contributed by atoms with Gasteiger partial charge in [0.2, 0.25) is 5.16 Å². The second kappa shape index (κ2) is 8.68. The number of aromatic nitrogens is 2. The van der Waals surface area contributed by atoms with Gasteiger partial charge in [0.05, 0.1) is 0 Å². The number of hydrogen-bond donors (Lipinski definition) is 0. The van der Waals surface area contributed by atoms with E-state index in [1.165, 1.54) is 47.2 Å². The van der Waals surface area contributed by atoms with Crippen molar-refractivity contribution in [2.24, 2.45) is 0 Å². The molecule has 0 aliphatic carbocycles. The fraction of sp³-hybridized carbons (Fsp3) is 0.125. The third kappa shape index (κ3) is 4.86. The van der Waals surface area contributed by atoms with Gasteiger partial charge in [-0.15, -0.1) is 0 Å². The van der Waals surface area contributed by atoms with E-state index in [9.17, 15) is 8.78 Å². The molecule has 0 atom stereocenters. The van der Waals surface area contributed by atoms with Gasteiger partial charge in [0, 0.05) is 32.7 Å². The smallest absolute Gasteiger partial charge is 0.201 e. The van der Waals surface area contributed by atoms with Gasteiger partial charge < -0.3 is 0 Å². The molecule has 0 N–H and O–H groups in total. The lowest BCUT2D eigenvalue weighted by molar-refractivity contribution is 0.617. The average Bonchev–Trinajstić information content (AvgIpc) is 3.02. The monoisotopic (exact) mass is 434 g/mol. The van der Waals surface area contributed by atoms with Gasteiger partial charge in [0.25, 0.3) is 0 Å². The molecule has 0 saturated heterocycles. The van der Waals surface area contributed by atoms with E-state index in [1.807, 2.05) is 0 Å². The maximum Gasteiger partial charge on any atom is 0.201 e. The minimum absolute atomic E-state index is 0.339. The largest absolute Gasteiger partial charge is 0.207 e. The lowest BCUT2D eigenvalue weighted by Crippen LogP contribution is -1.90. The minimum Gasteiger partial charge on any atom is -0.207 e. The van der Waals surface area contributed by atoms with Crippen LogP contribution >= 0.6 is 58.3 Å². The number of benzene rings is 2. The summed E-state index contributed by atoms with van der Waals surface area (Å²) >= 11 is 15.9. The lowest BCUT2D eigenvalue weighted by Gasteiger charge is -2.04. The molecule has 3 aromatic rings. The fourth-order valence-electron chi connectivity index (χ4n) is 1.93. The normalized spacial score (nSPS) is 11.0. The number of thioether (sulfide) groups is 2. The van der Waals surface area contributed by atoms with Crippen LogP contribution in [-0.2, 0) is 11.5 Å². The molecule has 1 aromatic heterocycles. The summed E-state index contributed by atoms with van der Waals surface area (Å²) in [5.41, 5.74) is 0.869. The molecule has 0 aliphatic rings. The fourth-order valence-corrected chi connectivity index (χ4v) is 5.24. The van der Waals surface area contributed by atoms with Crippen molar-refractivity contribution in [3.8, 4) is 0 Å². The zero-order valence-corrected chi connectivity index (χ0v) is 16.5. The van der Waals surface area contributed by atoms with Crippen LogP contribution in [0.3, 0.4) is 0 Å². The third-order valence-electron chi connectivity index (χ3n) is 3.20. The lowest BCUT2D eigenvalue weighted by atomic mass is 10.2. The van der Waals surface area contributed by atoms with E-state index in [4.69, 9.17) is 23.2 Å². The molecule has 0 bridgehead atoms. The molecule has 0 amide bonds. The molecule has 0 spiro atoms. The molecule has 0 fully saturated rings. The van der Waals surface area contributed by atoms with Crippen LogP contribution in [0, 0.1) is 11.6 Å². The summed E-state index contributed by atoms with van der Waals surface area (Å²) in [5, 5.41) is 1.30. The van der Waals surface area contributed by atoms with Gasteiger partial charge in [-0.05, 0) is 35.8 Å². The van der Waals surface area contributed by atoms with Crippen molar-refractivity contribution in [2.45, 2.75) is 21.0 Å². The van der Waals surface area contributed by atoms with Gasteiger partial charge in [-0.2, -0.15) is 4.37 Å². The Morgan fingerprint density at radius 1 is 0.880 bits per heavy atom. The summed E-state index contributed by atoms with van der Waals surface area (Å²) in [6.45, 7) is 0. The van der Waals surface area contributed by atoms with E-state index < -0.39 is 0 Å². The van der Waals surface area contributed by atoms with Gasteiger partial charge >= 0.3 is 0 Å². The van der Waals surface area contributed by atoms with Gasteiger partial charge in [-0.3, -0.25) is 0 Å². The molecule has 2 aromatic carbocycles. The molecule has 3 rings (SSSR count). The summed E-state index contributed by atoms with van der Waals surface area (Å²) in [7, 11) is 0. The molecule has 0 unspecified atom stereocenters. The molecule has 9 heteroatoms. The predicted molar refractivity (Wildman–Crippen MR) is 102 cm³/mol. The highest BCUT2D eigenvalue weighted by Gasteiger charge is 2.12. The van der Waals surface area contributed by atoms with Gasteiger partial charge in [0.1, 0.15) is 11.6 Å². The number of rotatable bonds is 6. The van der Waals surface area contributed by atoms with Gasteiger partial charge in [0.15, 0.2) is 4.34 Å². The highest BCUT2D eigenvalue weighted by molar-refractivity contribution is 8.00. The first-order valence-corrected chi connectivity index (χ1v) is 10.5. The zero-order valence-electron chi connectivity index (χ0n) is 12.5. The highest BCUT2D eigenvalue weighted by Crippen LogP contribution is 2.32. The SMILES string of the molecule is Fc1cccc(Cl)c1CSc1nsc(SCc2c(F)cccc2Cl)n1. The molecular formula is C16H10Cl2F2N2S3. The van der Waals surface area contributed by atoms with Crippen molar-refractivity contribution in [1.82, 2.24) is 9.36 Å². The molecule has 25 heavy (non-hydrogen) atoms. The van der Waals surface area contributed by atoms with Crippen molar-refractivity contribution in [2.75, 3.05) is 0 Å². The van der Waals surface area contributed by atoms with Crippen molar-refractivity contribution in [3.63, 3.8) is 0 Å². The number of halogens is 4. The summed E-state index contributed by atoms with van der Waals surface area (Å²) in [6, 6.07) is 9.18. The van der Waals surface area contributed by atoms with Crippen molar-refractivity contribution < 1.29 is 8.78 Å². The maximum absolute atomic E-state index is 13.8. The topological polar surface area (TPSA) is 25.8 Å². The Bertz CT molecular complexity index is 779. The van der Waals surface area contributed by atoms with Crippen molar-refractivity contribution in [3.05, 3.63) is 69.2 Å². The van der Waals surface area contributed by atoms with E-state index >= 15 is 0 Å². The second-order valence-corrected chi connectivity index (χ2v) is 8.55. The summed E-state index contributed by atoms with van der Waals surface area (Å²) in [4.78, 5) is 4.36. The first-order valence-electron chi connectivity index (χ1n) is 6.99. The molecule has 1 heterocycles. The maximum atomic E-state index is 13.8. The summed E-state index contributed by atoms with van der Waals surface area (Å²) < 4.78 is 32.4. The van der Waals surface area contributed by atoms with E-state index in [0.29, 0.717) is 42.2 Å². The minimum atomic E-state index is -0.348. The van der Waals surface area contributed by atoms with E-state index in [0.717, 1.165) is 0 Å². The highest BCUT2D eigenvalue weighted by atomic mass is 35.5. The van der Waals surface area contributed by atoms with Gasteiger partial charge in [-0.1, -0.05) is 58.9 Å². The third-order valence-corrected chi connectivity index (χ3v) is 6.76. The molecule has 0 aliphatic heterocycles. The van der Waals surface area contributed by atoms with Crippen LogP contribution in [0.25, 0.3) is 0 Å². The summed E-state index contributed by atoms with van der Waals surface area (Å²) in [5.74, 6) is 0.0161. The number of nitrogens with zero attached hydrogens (tertiary/aromatic N) is 2. The van der Waals surface area contributed by atoms with E-state index in [2.05, 4.69) is 9.36 Å². The number of hydrogen-bond acceptors (Lipinski definition) is 5. The molecule has 2 nitrogen and oxygen atoms in total. The predicted octanol–water partition coefficient (Wildman–Crippen LogP) is 6.71. The Kier molecular flexibility index (Phi) is 6.57. The Hall–Kier alpha value is -0.860. The molecule has 0 radical (unpaired) electrons. The van der Waals surface area contributed by atoms with Crippen molar-refractivity contribution >= 4 is 58.3 Å². The van der Waals surface area contributed by atoms with E-state index in [1.54, 1.807) is 24.3 Å². The van der Waals surface area contributed by atoms with Gasteiger partial charge in [-0.25, -0.2) is 13.8 Å². The first kappa shape index (κ1) is 18.9. The quantitative estimate of drug-likeness (QED) is 0.402. The Morgan fingerprint density at radius 3 is 2.00 bits per heavy atom. The molecule has 130 valence electrons. The van der Waals surface area contributed by atoms with Crippen molar-refractivity contribution in [1.29, 1.82) is 0 Å². The van der Waals surface area contributed by atoms with Crippen LogP contribution in [0.4, 0.5) is 8.78 Å². The molecule has 0 saturated carbocycles. The van der Waals surface area contributed by atoms with Crippen LogP contribution in [0.1, 0.15) is 11.1 Å². The van der Waals surface area contributed by atoms with Crippen LogP contribution in [0.5, 0.6) is 0 Å². The molecular weight excluding hydrogens is 425 g/mol. The Morgan fingerprint density at radius 2 is 1.44 bits per heavy atom.